The largest absolute Gasteiger partial charge is 0.393 e. The molecule has 2 rings (SSSR count). The summed E-state index contributed by atoms with van der Waals surface area (Å²) in [6.07, 6.45) is 8.41. The number of aliphatic hydroxyl groups excluding tert-OH is 1. The summed E-state index contributed by atoms with van der Waals surface area (Å²) in [5, 5.41) is 12.2. The van der Waals surface area contributed by atoms with Crippen LogP contribution in [0.2, 0.25) is 0 Å². The minimum absolute atomic E-state index is 0.155. The third-order valence-electron chi connectivity index (χ3n) is 3.44. The molecule has 1 saturated carbocycles. The van der Waals surface area contributed by atoms with Crippen LogP contribution in [0.25, 0.3) is 0 Å². The van der Waals surface area contributed by atoms with E-state index in [0.29, 0.717) is 0 Å². The van der Waals surface area contributed by atoms with Gasteiger partial charge in [0.05, 0.1) is 6.10 Å². The normalized spacial score (nSPS) is 19.9. The van der Waals surface area contributed by atoms with Crippen molar-refractivity contribution in [3.05, 3.63) is 20.8 Å². The van der Waals surface area contributed by atoms with Crippen LogP contribution < -0.4 is 0 Å². The summed E-state index contributed by atoms with van der Waals surface area (Å²) in [5.74, 6) is 0.766. The molecule has 0 amide bonds. The topological polar surface area (TPSA) is 20.2 Å². The molecule has 0 spiro atoms. The Kier molecular flexibility index (Phi) is 4.86. The molecule has 0 aliphatic heterocycles. The standard InChI is InChI=1S/C13H19BrOS/c14-12-6-7-16-13(12)9-11(15)8-10-4-2-1-3-5-10/h6-7,10-11,15H,1-5,8-9H2. The van der Waals surface area contributed by atoms with Gasteiger partial charge in [0.2, 0.25) is 0 Å². The molecule has 1 aliphatic carbocycles. The summed E-state index contributed by atoms with van der Waals surface area (Å²) in [7, 11) is 0. The Morgan fingerprint density at radius 2 is 2.12 bits per heavy atom. The lowest BCUT2D eigenvalue weighted by atomic mass is 9.85. The molecule has 1 unspecified atom stereocenters. The van der Waals surface area contributed by atoms with Crippen LogP contribution in [0.1, 0.15) is 43.4 Å². The van der Waals surface area contributed by atoms with Crippen LogP contribution in [0.4, 0.5) is 0 Å². The lowest BCUT2D eigenvalue weighted by molar-refractivity contribution is 0.131. The lowest BCUT2D eigenvalue weighted by Crippen LogP contribution is -2.17. The summed E-state index contributed by atoms with van der Waals surface area (Å²) in [6.45, 7) is 0. The summed E-state index contributed by atoms with van der Waals surface area (Å²) in [6, 6.07) is 2.06. The summed E-state index contributed by atoms with van der Waals surface area (Å²) in [5.41, 5.74) is 0. The highest BCUT2D eigenvalue weighted by atomic mass is 79.9. The van der Waals surface area contributed by atoms with E-state index < -0.39 is 0 Å². The van der Waals surface area contributed by atoms with E-state index in [1.807, 2.05) is 0 Å². The maximum atomic E-state index is 10.1. The lowest BCUT2D eigenvalue weighted by Gasteiger charge is -2.23. The van der Waals surface area contributed by atoms with Crippen LogP contribution in [0.5, 0.6) is 0 Å². The first-order valence-corrected chi connectivity index (χ1v) is 7.83. The van der Waals surface area contributed by atoms with Gasteiger partial charge < -0.3 is 5.11 Å². The quantitative estimate of drug-likeness (QED) is 0.875. The second kappa shape index (κ2) is 6.18. The number of hydrogen-bond donors (Lipinski definition) is 1. The molecule has 0 radical (unpaired) electrons. The fourth-order valence-electron chi connectivity index (χ4n) is 2.58. The summed E-state index contributed by atoms with van der Waals surface area (Å²) >= 11 is 5.25. The van der Waals surface area contributed by atoms with E-state index in [2.05, 4.69) is 27.4 Å². The number of halogens is 1. The minimum atomic E-state index is -0.155. The third kappa shape index (κ3) is 3.57. The zero-order chi connectivity index (χ0) is 11.4. The zero-order valence-electron chi connectivity index (χ0n) is 9.49. The van der Waals surface area contributed by atoms with Crippen molar-refractivity contribution in [1.29, 1.82) is 0 Å². The molecule has 1 heterocycles. The van der Waals surface area contributed by atoms with Gasteiger partial charge in [-0.15, -0.1) is 11.3 Å². The zero-order valence-corrected chi connectivity index (χ0v) is 11.9. The van der Waals surface area contributed by atoms with Gasteiger partial charge in [-0.25, -0.2) is 0 Å². The van der Waals surface area contributed by atoms with Gasteiger partial charge in [-0.3, -0.25) is 0 Å². The molecule has 1 aliphatic rings. The van der Waals surface area contributed by atoms with E-state index in [1.165, 1.54) is 37.0 Å². The van der Waals surface area contributed by atoms with Crippen molar-refractivity contribution in [2.24, 2.45) is 5.92 Å². The van der Waals surface area contributed by atoms with Gasteiger partial charge in [0.15, 0.2) is 0 Å². The van der Waals surface area contributed by atoms with Gasteiger partial charge in [0.1, 0.15) is 0 Å². The Bertz CT molecular complexity index is 317. The van der Waals surface area contributed by atoms with E-state index in [9.17, 15) is 5.11 Å². The molecule has 0 aromatic carbocycles. The first kappa shape index (κ1) is 12.6. The van der Waals surface area contributed by atoms with Crippen molar-refractivity contribution in [1.82, 2.24) is 0 Å². The summed E-state index contributed by atoms with van der Waals surface area (Å²) in [4.78, 5) is 1.28. The fraction of sp³-hybridized carbons (Fsp3) is 0.692. The molecule has 1 nitrogen and oxygen atoms in total. The number of hydrogen-bond acceptors (Lipinski definition) is 2. The molecule has 1 aromatic rings. The molecule has 1 N–H and O–H groups in total. The molecule has 0 saturated heterocycles. The van der Waals surface area contributed by atoms with Crippen molar-refractivity contribution in [2.45, 2.75) is 51.0 Å². The summed E-state index contributed by atoms with van der Waals surface area (Å²) < 4.78 is 1.15. The SMILES string of the molecule is OC(Cc1sccc1Br)CC1CCCCC1. The van der Waals surface area contributed by atoms with Crippen LogP contribution in [-0.2, 0) is 6.42 Å². The number of thiophene rings is 1. The second-order valence-electron chi connectivity index (χ2n) is 4.79. The monoisotopic (exact) mass is 302 g/mol. The third-order valence-corrected chi connectivity index (χ3v) is 5.39. The van der Waals surface area contributed by atoms with Crippen molar-refractivity contribution in [2.75, 3.05) is 0 Å². The molecular weight excluding hydrogens is 284 g/mol. The Balaban J connectivity index is 1.79. The molecule has 1 aromatic heterocycles. The molecule has 1 atom stereocenters. The van der Waals surface area contributed by atoms with Gasteiger partial charge in [0.25, 0.3) is 0 Å². The van der Waals surface area contributed by atoms with Gasteiger partial charge in [0, 0.05) is 15.8 Å². The van der Waals surface area contributed by atoms with Crippen molar-refractivity contribution in [3.8, 4) is 0 Å². The predicted octanol–water partition coefficient (Wildman–Crippen LogP) is 4.38. The van der Waals surface area contributed by atoms with E-state index in [1.54, 1.807) is 11.3 Å². The van der Waals surface area contributed by atoms with Crippen LogP contribution in [-0.4, -0.2) is 11.2 Å². The van der Waals surface area contributed by atoms with Gasteiger partial charge in [-0.1, -0.05) is 32.1 Å². The smallest absolute Gasteiger partial charge is 0.0591 e. The fourth-order valence-corrected chi connectivity index (χ4v) is 4.16. The first-order valence-electron chi connectivity index (χ1n) is 6.15. The van der Waals surface area contributed by atoms with Crippen molar-refractivity contribution >= 4 is 27.3 Å². The van der Waals surface area contributed by atoms with Gasteiger partial charge in [-0.05, 0) is 39.7 Å². The van der Waals surface area contributed by atoms with E-state index >= 15 is 0 Å². The Labute approximate surface area is 110 Å². The maximum Gasteiger partial charge on any atom is 0.0591 e. The minimum Gasteiger partial charge on any atom is -0.393 e. The van der Waals surface area contributed by atoms with E-state index in [0.717, 1.165) is 23.2 Å². The average Bonchev–Trinajstić information content (AvgIpc) is 2.66. The second-order valence-corrected chi connectivity index (χ2v) is 6.64. The van der Waals surface area contributed by atoms with E-state index in [4.69, 9.17) is 0 Å². The van der Waals surface area contributed by atoms with E-state index in [-0.39, 0.29) is 6.10 Å². The van der Waals surface area contributed by atoms with Gasteiger partial charge >= 0.3 is 0 Å². The van der Waals surface area contributed by atoms with Gasteiger partial charge in [-0.2, -0.15) is 0 Å². The molecule has 1 fully saturated rings. The average molecular weight is 303 g/mol. The number of rotatable bonds is 4. The predicted molar refractivity (Wildman–Crippen MR) is 72.9 cm³/mol. The molecule has 90 valence electrons. The highest BCUT2D eigenvalue weighted by Crippen LogP contribution is 2.30. The molecule has 3 heteroatoms. The molecule has 16 heavy (non-hydrogen) atoms. The highest BCUT2D eigenvalue weighted by molar-refractivity contribution is 9.10. The van der Waals surface area contributed by atoms with Crippen LogP contribution in [0.3, 0.4) is 0 Å². The maximum absolute atomic E-state index is 10.1. The first-order chi connectivity index (χ1) is 7.75. The Morgan fingerprint density at radius 1 is 1.38 bits per heavy atom. The van der Waals surface area contributed by atoms with Crippen molar-refractivity contribution in [3.63, 3.8) is 0 Å². The molecular formula is C13H19BrOS. The van der Waals surface area contributed by atoms with Crippen LogP contribution in [0.15, 0.2) is 15.9 Å². The molecule has 0 bridgehead atoms. The highest BCUT2D eigenvalue weighted by Gasteiger charge is 2.18. The number of aliphatic hydroxyl groups is 1. The Hall–Kier alpha value is 0.140. The Morgan fingerprint density at radius 3 is 2.75 bits per heavy atom. The van der Waals surface area contributed by atoms with Crippen LogP contribution >= 0.6 is 27.3 Å². The van der Waals surface area contributed by atoms with Crippen molar-refractivity contribution < 1.29 is 5.11 Å². The van der Waals surface area contributed by atoms with Crippen LogP contribution in [0, 0.1) is 5.92 Å².